The summed E-state index contributed by atoms with van der Waals surface area (Å²) in [7, 11) is 1.53. The van der Waals surface area contributed by atoms with Gasteiger partial charge >= 0.3 is 0 Å². The predicted molar refractivity (Wildman–Crippen MR) is 108 cm³/mol. The Bertz CT molecular complexity index is 1070. The van der Waals surface area contributed by atoms with Gasteiger partial charge in [-0.3, -0.25) is 15.1 Å². The molecule has 1 aromatic heterocycles. The Morgan fingerprint density at radius 1 is 1.17 bits per heavy atom. The van der Waals surface area contributed by atoms with Crippen molar-refractivity contribution < 1.29 is 14.4 Å². The van der Waals surface area contributed by atoms with Crippen LogP contribution in [0.2, 0.25) is 0 Å². The number of rotatable bonds is 7. The number of hydrogen-bond donors (Lipinski definition) is 0. The Kier molecular flexibility index (Phi) is 6.18. The van der Waals surface area contributed by atoms with E-state index < -0.39 is 4.92 Å². The maximum atomic E-state index is 10.7. The van der Waals surface area contributed by atoms with Gasteiger partial charge in [0, 0.05) is 18.3 Å². The van der Waals surface area contributed by atoms with Gasteiger partial charge in [-0.2, -0.15) is 5.26 Å². The minimum Gasteiger partial charge on any atom is -0.493 e. The maximum absolute atomic E-state index is 10.7. The second-order valence-electron chi connectivity index (χ2n) is 6.01. The van der Waals surface area contributed by atoms with Crippen LogP contribution in [0.1, 0.15) is 16.8 Å². The first-order valence-corrected chi connectivity index (χ1v) is 8.68. The summed E-state index contributed by atoms with van der Waals surface area (Å²) < 4.78 is 11.2. The third kappa shape index (κ3) is 4.96. The highest BCUT2D eigenvalue weighted by molar-refractivity contribution is 5.88. The molecule has 0 unspecified atom stereocenters. The number of nitro groups is 1. The number of ether oxygens (including phenoxy) is 2. The van der Waals surface area contributed by atoms with Gasteiger partial charge in [-0.25, -0.2) is 0 Å². The van der Waals surface area contributed by atoms with Gasteiger partial charge in [0.1, 0.15) is 12.7 Å². The monoisotopic (exact) mass is 387 g/mol. The summed E-state index contributed by atoms with van der Waals surface area (Å²) in [5.41, 5.74) is 2.62. The van der Waals surface area contributed by atoms with Crippen LogP contribution in [0.25, 0.3) is 11.6 Å². The molecule has 0 aliphatic carbocycles. The average molecular weight is 387 g/mol. The van der Waals surface area contributed by atoms with E-state index in [0.717, 1.165) is 11.1 Å². The van der Waals surface area contributed by atoms with Gasteiger partial charge in [0.2, 0.25) is 0 Å². The van der Waals surface area contributed by atoms with Gasteiger partial charge in [-0.05, 0) is 53.6 Å². The third-order valence-corrected chi connectivity index (χ3v) is 4.10. The zero-order chi connectivity index (χ0) is 20.6. The predicted octanol–water partition coefficient (Wildman–Crippen LogP) is 4.64. The number of hydrogen-bond acceptors (Lipinski definition) is 6. The van der Waals surface area contributed by atoms with Crippen molar-refractivity contribution in [3.05, 3.63) is 93.8 Å². The molecule has 0 radical (unpaired) electrons. The summed E-state index contributed by atoms with van der Waals surface area (Å²) in [6.45, 7) is 0.237. The molecule has 7 nitrogen and oxygen atoms in total. The highest BCUT2D eigenvalue weighted by Gasteiger charge is 2.09. The molecule has 29 heavy (non-hydrogen) atoms. The summed E-state index contributed by atoms with van der Waals surface area (Å²) in [6.07, 6.45) is 3.36. The molecule has 0 aliphatic rings. The number of nitrogens with zero attached hydrogens (tertiary/aromatic N) is 3. The molecule has 3 rings (SSSR count). The number of allylic oxidation sites excluding steroid dienone is 1. The van der Waals surface area contributed by atoms with Crippen molar-refractivity contribution in [2.45, 2.75) is 6.61 Å². The van der Waals surface area contributed by atoms with Gasteiger partial charge in [0.25, 0.3) is 5.69 Å². The molecule has 0 bridgehead atoms. The van der Waals surface area contributed by atoms with E-state index in [1.54, 1.807) is 48.7 Å². The Balaban J connectivity index is 1.77. The van der Waals surface area contributed by atoms with E-state index in [1.807, 2.05) is 12.1 Å². The largest absolute Gasteiger partial charge is 0.493 e. The Labute approximate surface area is 167 Å². The standard InChI is InChI=1S/C22H17N3O4/c1-28-22-13-17(12-18(14-23)20-4-2-3-11-24-20)7-10-21(22)29-15-16-5-8-19(9-6-16)25(26)27/h2-13H,15H2,1H3/b18-12+. The Hall–Kier alpha value is -4.18. The van der Waals surface area contributed by atoms with Crippen molar-refractivity contribution >= 4 is 17.3 Å². The summed E-state index contributed by atoms with van der Waals surface area (Å²) in [6, 6.07) is 19.0. The van der Waals surface area contributed by atoms with E-state index in [-0.39, 0.29) is 12.3 Å². The molecule has 0 aliphatic heterocycles. The molecule has 0 atom stereocenters. The lowest BCUT2D eigenvalue weighted by Crippen LogP contribution is -1.98. The van der Waals surface area contributed by atoms with Gasteiger partial charge in [0.05, 0.1) is 23.3 Å². The summed E-state index contributed by atoms with van der Waals surface area (Å²) in [5, 5.41) is 20.2. The molecule has 0 fully saturated rings. The van der Waals surface area contributed by atoms with Crippen molar-refractivity contribution in [3.8, 4) is 17.6 Å². The van der Waals surface area contributed by atoms with Crippen LogP contribution in [0.4, 0.5) is 5.69 Å². The normalized spacial score (nSPS) is 10.8. The molecule has 0 amide bonds. The lowest BCUT2D eigenvalue weighted by Gasteiger charge is -2.11. The quantitative estimate of drug-likeness (QED) is 0.333. The Morgan fingerprint density at radius 2 is 1.97 bits per heavy atom. The molecule has 144 valence electrons. The first-order chi connectivity index (χ1) is 14.1. The van der Waals surface area contributed by atoms with Crippen LogP contribution >= 0.6 is 0 Å². The lowest BCUT2D eigenvalue weighted by atomic mass is 10.1. The fourth-order valence-corrected chi connectivity index (χ4v) is 2.62. The SMILES string of the molecule is COc1cc(/C=C(\C#N)c2ccccn2)ccc1OCc1ccc([N+](=O)[O-])cc1. The zero-order valence-electron chi connectivity index (χ0n) is 15.6. The number of aromatic nitrogens is 1. The average Bonchev–Trinajstić information content (AvgIpc) is 2.77. The van der Waals surface area contributed by atoms with Crippen molar-refractivity contribution in [1.29, 1.82) is 5.26 Å². The highest BCUT2D eigenvalue weighted by Crippen LogP contribution is 2.30. The second kappa shape index (κ2) is 9.15. The summed E-state index contributed by atoms with van der Waals surface area (Å²) >= 11 is 0. The molecule has 0 N–H and O–H groups in total. The minimum atomic E-state index is -0.444. The fraction of sp³-hybridized carbons (Fsp3) is 0.0909. The highest BCUT2D eigenvalue weighted by atomic mass is 16.6. The van der Waals surface area contributed by atoms with Gasteiger partial charge in [-0.1, -0.05) is 12.1 Å². The zero-order valence-corrected chi connectivity index (χ0v) is 15.6. The fourth-order valence-electron chi connectivity index (χ4n) is 2.62. The van der Waals surface area contributed by atoms with Crippen molar-refractivity contribution in [1.82, 2.24) is 4.98 Å². The van der Waals surface area contributed by atoms with Crippen molar-refractivity contribution in [2.24, 2.45) is 0 Å². The van der Waals surface area contributed by atoms with Gasteiger partial charge in [0.15, 0.2) is 11.5 Å². The van der Waals surface area contributed by atoms with E-state index >= 15 is 0 Å². The number of nitro benzene ring substituents is 1. The first-order valence-electron chi connectivity index (χ1n) is 8.68. The van der Waals surface area contributed by atoms with Crippen LogP contribution in [-0.2, 0) is 6.61 Å². The number of non-ortho nitro benzene ring substituents is 1. The first kappa shape index (κ1) is 19.6. The number of benzene rings is 2. The van der Waals surface area contributed by atoms with E-state index in [2.05, 4.69) is 11.1 Å². The van der Waals surface area contributed by atoms with Crippen LogP contribution in [-0.4, -0.2) is 17.0 Å². The van der Waals surface area contributed by atoms with E-state index in [1.165, 1.54) is 19.2 Å². The van der Waals surface area contributed by atoms with Gasteiger partial charge in [-0.15, -0.1) is 0 Å². The van der Waals surface area contributed by atoms with E-state index in [9.17, 15) is 15.4 Å². The molecular formula is C22H17N3O4. The number of methoxy groups -OCH3 is 1. The maximum Gasteiger partial charge on any atom is 0.269 e. The molecule has 3 aromatic rings. The molecule has 0 saturated heterocycles. The summed E-state index contributed by atoms with van der Waals surface area (Å²) in [5.74, 6) is 1.04. The molecule has 1 heterocycles. The number of nitriles is 1. The second-order valence-corrected chi connectivity index (χ2v) is 6.01. The topological polar surface area (TPSA) is 98.3 Å². The Morgan fingerprint density at radius 3 is 2.59 bits per heavy atom. The van der Waals surface area contributed by atoms with E-state index in [0.29, 0.717) is 22.8 Å². The van der Waals surface area contributed by atoms with Crippen molar-refractivity contribution in [2.75, 3.05) is 7.11 Å². The molecule has 7 heteroatoms. The van der Waals surface area contributed by atoms with Crippen LogP contribution in [0.5, 0.6) is 11.5 Å². The van der Waals surface area contributed by atoms with Crippen LogP contribution < -0.4 is 9.47 Å². The molecule has 0 saturated carbocycles. The van der Waals surface area contributed by atoms with Crippen LogP contribution in [0.15, 0.2) is 66.9 Å². The smallest absolute Gasteiger partial charge is 0.269 e. The van der Waals surface area contributed by atoms with Crippen molar-refractivity contribution in [3.63, 3.8) is 0 Å². The number of pyridine rings is 1. The summed E-state index contributed by atoms with van der Waals surface area (Å²) in [4.78, 5) is 14.5. The molecular weight excluding hydrogens is 370 g/mol. The molecule has 0 spiro atoms. The van der Waals surface area contributed by atoms with Crippen LogP contribution in [0.3, 0.4) is 0 Å². The van der Waals surface area contributed by atoms with Crippen LogP contribution in [0, 0.1) is 21.4 Å². The minimum absolute atomic E-state index is 0.0312. The van der Waals surface area contributed by atoms with Gasteiger partial charge < -0.3 is 9.47 Å². The van der Waals surface area contributed by atoms with E-state index in [4.69, 9.17) is 9.47 Å². The lowest BCUT2D eigenvalue weighted by molar-refractivity contribution is -0.384. The third-order valence-electron chi connectivity index (χ3n) is 4.10. The molecule has 2 aromatic carbocycles.